The zero-order chi connectivity index (χ0) is 12.7. The standard InChI is InChI=1S/C12H7ClFN3O/c13-11-12-16-6-9(17(12)4-3-15-11)7-1-2-10(18)8(14)5-7/h1-6,18H. The Labute approximate surface area is 106 Å². The van der Waals surface area contributed by atoms with Crippen molar-refractivity contribution in [3.05, 3.63) is 47.8 Å². The van der Waals surface area contributed by atoms with Crippen LogP contribution in [0.25, 0.3) is 16.9 Å². The molecule has 0 aliphatic heterocycles. The van der Waals surface area contributed by atoms with Crippen LogP contribution in [-0.4, -0.2) is 19.5 Å². The molecule has 3 aromatic rings. The molecule has 0 atom stereocenters. The van der Waals surface area contributed by atoms with Crippen molar-refractivity contribution >= 4 is 17.2 Å². The van der Waals surface area contributed by atoms with Crippen molar-refractivity contribution in [1.29, 1.82) is 0 Å². The molecular weight excluding hydrogens is 257 g/mol. The lowest BCUT2D eigenvalue weighted by Gasteiger charge is -2.03. The van der Waals surface area contributed by atoms with Crippen molar-refractivity contribution in [2.24, 2.45) is 0 Å². The van der Waals surface area contributed by atoms with Crippen LogP contribution in [0, 0.1) is 5.82 Å². The second kappa shape index (κ2) is 3.96. The monoisotopic (exact) mass is 263 g/mol. The summed E-state index contributed by atoms with van der Waals surface area (Å²) in [4.78, 5) is 8.04. The Morgan fingerprint density at radius 3 is 2.89 bits per heavy atom. The van der Waals surface area contributed by atoms with Gasteiger partial charge in [-0.05, 0) is 18.2 Å². The fraction of sp³-hybridized carbons (Fsp3) is 0. The van der Waals surface area contributed by atoms with Crippen LogP contribution in [0.3, 0.4) is 0 Å². The molecular formula is C12H7ClFN3O. The molecule has 2 aromatic heterocycles. The van der Waals surface area contributed by atoms with E-state index >= 15 is 0 Å². The maximum Gasteiger partial charge on any atom is 0.175 e. The van der Waals surface area contributed by atoms with Crippen LogP contribution in [0.2, 0.25) is 5.15 Å². The van der Waals surface area contributed by atoms with Gasteiger partial charge in [-0.3, -0.25) is 4.40 Å². The molecule has 0 amide bonds. The van der Waals surface area contributed by atoms with Crippen molar-refractivity contribution in [2.45, 2.75) is 0 Å². The average molecular weight is 264 g/mol. The lowest BCUT2D eigenvalue weighted by Crippen LogP contribution is -1.90. The SMILES string of the molecule is Oc1ccc(-c2cnc3c(Cl)nccn23)cc1F. The molecule has 2 heterocycles. The highest BCUT2D eigenvalue weighted by molar-refractivity contribution is 6.32. The van der Waals surface area contributed by atoms with E-state index in [1.807, 2.05) is 0 Å². The molecule has 0 aliphatic carbocycles. The minimum Gasteiger partial charge on any atom is -0.505 e. The van der Waals surface area contributed by atoms with Crippen molar-refractivity contribution in [2.75, 3.05) is 0 Å². The average Bonchev–Trinajstić information content (AvgIpc) is 2.78. The second-order valence-corrected chi connectivity index (χ2v) is 4.08. The van der Waals surface area contributed by atoms with Crippen molar-refractivity contribution < 1.29 is 9.50 Å². The summed E-state index contributed by atoms with van der Waals surface area (Å²) in [7, 11) is 0. The van der Waals surface area contributed by atoms with Gasteiger partial charge >= 0.3 is 0 Å². The van der Waals surface area contributed by atoms with E-state index in [0.717, 1.165) is 0 Å². The van der Waals surface area contributed by atoms with Gasteiger partial charge in [0, 0.05) is 18.0 Å². The third kappa shape index (κ3) is 1.60. The summed E-state index contributed by atoms with van der Waals surface area (Å²) in [6, 6.07) is 4.15. The fourth-order valence-corrected chi connectivity index (χ4v) is 1.96. The molecule has 0 spiro atoms. The Morgan fingerprint density at radius 1 is 1.28 bits per heavy atom. The molecule has 0 saturated heterocycles. The van der Waals surface area contributed by atoms with Gasteiger partial charge in [-0.15, -0.1) is 0 Å². The topological polar surface area (TPSA) is 50.4 Å². The van der Waals surface area contributed by atoms with Crippen LogP contribution in [0.5, 0.6) is 5.75 Å². The van der Waals surface area contributed by atoms with Gasteiger partial charge in [0.25, 0.3) is 0 Å². The van der Waals surface area contributed by atoms with Crippen LogP contribution in [0.15, 0.2) is 36.8 Å². The van der Waals surface area contributed by atoms with Crippen LogP contribution < -0.4 is 0 Å². The van der Waals surface area contributed by atoms with Gasteiger partial charge in [-0.2, -0.15) is 0 Å². The molecule has 0 aliphatic rings. The molecule has 0 bridgehead atoms. The van der Waals surface area contributed by atoms with E-state index in [4.69, 9.17) is 11.6 Å². The Hall–Kier alpha value is -2.14. The smallest absolute Gasteiger partial charge is 0.175 e. The minimum absolute atomic E-state index is 0.281. The van der Waals surface area contributed by atoms with E-state index in [1.54, 1.807) is 22.9 Å². The fourth-order valence-electron chi connectivity index (χ4n) is 1.77. The highest BCUT2D eigenvalue weighted by Gasteiger charge is 2.10. The third-order valence-corrected chi connectivity index (χ3v) is 2.90. The summed E-state index contributed by atoms with van der Waals surface area (Å²) in [5, 5.41) is 9.45. The molecule has 3 rings (SSSR count). The molecule has 6 heteroatoms. The first-order chi connectivity index (χ1) is 8.66. The van der Waals surface area contributed by atoms with Crippen molar-refractivity contribution in [3.8, 4) is 17.0 Å². The number of aromatic nitrogens is 3. The molecule has 1 aromatic carbocycles. The minimum atomic E-state index is -0.678. The van der Waals surface area contributed by atoms with Gasteiger partial charge in [0.05, 0.1) is 11.9 Å². The quantitative estimate of drug-likeness (QED) is 0.734. The summed E-state index contributed by atoms with van der Waals surface area (Å²) in [5.41, 5.74) is 1.77. The number of aromatic hydroxyl groups is 1. The Kier molecular flexibility index (Phi) is 2.41. The highest BCUT2D eigenvalue weighted by atomic mass is 35.5. The van der Waals surface area contributed by atoms with E-state index in [1.165, 1.54) is 18.3 Å². The number of imidazole rings is 1. The van der Waals surface area contributed by atoms with E-state index in [-0.39, 0.29) is 10.9 Å². The summed E-state index contributed by atoms with van der Waals surface area (Å²) in [5.74, 6) is -1.06. The highest BCUT2D eigenvalue weighted by Crippen LogP contribution is 2.26. The van der Waals surface area contributed by atoms with Gasteiger partial charge in [-0.25, -0.2) is 14.4 Å². The normalized spacial score (nSPS) is 11.0. The lowest BCUT2D eigenvalue weighted by atomic mass is 10.1. The zero-order valence-corrected chi connectivity index (χ0v) is 9.76. The summed E-state index contributed by atoms with van der Waals surface area (Å²) < 4.78 is 15.0. The van der Waals surface area contributed by atoms with Crippen LogP contribution in [0.1, 0.15) is 0 Å². The van der Waals surface area contributed by atoms with Crippen molar-refractivity contribution in [3.63, 3.8) is 0 Å². The number of halogens is 2. The van der Waals surface area contributed by atoms with Crippen LogP contribution >= 0.6 is 11.6 Å². The number of rotatable bonds is 1. The first kappa shape index (κ1) is 11.0. The van der Waals surface area contributed by atoms with Gasteiger partial charge < -0.3 is 5.11 Å². The lowest BCUT2D eigenvalue weighted by molar-refractivity contribution is 0.432. The molecule has 4 nitrogen and oxygen atoms in total. The summed E-state index contributed by atoms with van der Waals surface area (Å²) in [6.45, 7) is 0. The number of phenolic OH excluding ortho intramolecular Hbond substituents is 1. The molecule has 1 N–H and O–H groups in total. The number of fused-ring (bicyclic) bond motifs is 1. The number of phenols is 1. The predicted octanol–water partition coefficient (Wildman–Crippen LogP) is 2.89. The molecule has 18 heavy (non-hydrogen) atoms. The van der Waals surface area contributed by atoms with Gasteiger partial charge in [0.1, 0.15) is 0 Å². The first-order valence-corrected chi connectivity index (χ1v) is 5.51. The van der Waals surface area contributed by atoms with E-state index in [0.29, 0.717) is 16.9 Å². The van der Waals surface area contributed by atoms with Gasteiger partial charge in [-0.1, -0.05) is 11.6 Å². The molecule has 0 radical (unpaired) electrons. The summed E-state index contributed by atoms with van der Waals surface area (Å²) in [6.07, 6.45) is 4.81. The Bertz CT molecular complexity index is 741. The first-order valence-electron chi connectivity index (χ1n) is 5.13. The number of nitrogens with zero attached hydrogens (tertiary/aromatic N) is 3. The zero-order valence-electron chi connectivity index (χ0n) is 9.01. The van der Waals surface area contributed by atoms with E-state index < -0.39 is 5.82 Å². The largest absolute Gasteiger partial charge is 0.505 e. The molecule has 0 unspecified atom stereocenters. The maximum atomic E-state index is 13.3. The predicted molar refractivity (Wildman–Crippen MR) is 65.1 cm³/mol. The number of benzene rings is 1. The maximum absolute atomic E-state index is 13.3. The van der Waals surface area contributed by atoms with E-state index in [9.17, 15) is 9.50 Å². The summed E-state index contributed by atoms with van der Waals surface area (Å²) >= 11 is 5.91. The second-order valence-electron chi connectivity index (χ2n) is 3.72. The van der Waals surface area contributed by atoms with Gasteiger partial charge in [0.15, 0.2) is 22.4 Å². The number of hydrogen-bond donors (Lipinski definition) is 1. The van der Waals surface area contributed by atoms with E-state index in [2.05, 4.69) is 9.97 Å². The Balaban J connectivity index is 2.25. The third-order valence-electron chi connectivity index (χ3n) is 2.63. The van der Waals surface area contributed by atoms with Crippen LogP contribution in [0.4, 0.5) is 4.39 Å². The number of hydrogen-bond acceptors (Lipinski definition) is 3. The van der Waals surface area contributed by atoms with Gasteiger partial charge in [0.2, 0.25) is 0 Å². The van der Waals surface area contributed by atoms with Crippen molar-refractivity contribution in [1.82, 2.24) is 14.4 Å². The molecule has 90 valence electrons. The van der Waals surface area contributed by atoms with Crippen LogP contribution in [-0.2, 0) is 0 Å². The molecule has 0 saturated carbocycles. The Morgan fingerprint density at radius 2 is 2.11 bits per heavy atom. The molecule has 0 fully saturated rings.